The second-order valence-electron chi connectivity index (χ2n) is 6.76. The van der Waals surface area contributed by atoms with Crippen molar-refractivity contribution in [3.05, 3.63) is 49.1 Å². The number of fused-ring (bicyclic) bond motifs is 1. The fourth-order valence-corrected chi connectivity index (χ4v) is 4.15. The number of hydrogen-bond donors (Lipinski definition) is 1. The first kappa shape index (κ1) is 17.5. The van der Waals surface area contributed by atoms with Crippen LogP contribution >= 0.6 is 0 Å². The van der Waals surface area contributed by atoms with Gasteiger partial charge < -0.3 is 0 Å². The van der Waals surface area contributed by atoms with Gasteiger partial charge in [-0.3, -0.25) is 9.31 Å². The molecule has 27 heavy (non-hydrogen) atoms. The molecule has 3 aromatic heterocycles. The third-order valence-electron chi connectivity index (χ3n) is 4.31. The Morgan fingerprint density at radius 3 is 2.85 bits per heavy atom. The lowest BCUT2D eigenvalue weighted by Gasteiger charge is -2.06. The van der Waals surface area contributed by atoms with Crippen LogP contribution in [-0.4, -0.2) is 39.9 Å². The van der Waals surface area contributed by atoms with Gasteiger partial charge in [-0.05, 0) is 30.5 Å². The van der Waals surface area contributed by atoms with Crippen molar-refractivity contribution < 1.29 is 4.21 Å². The molecule has 0 aliphatic heterocycles. The minimum atomic E-state index is -1.04. The van der Waals surface area contributed by atoms with Gasteiger partial charge in [0.25, 0.3) is 0 Å². The summed E-state index contributed by atoms with van der Waals surface area (Å²) >= 11 is 0. The Labute approximate surface area is 159 Å². The minimum Gasteiger partial charge on any atom is -0.259 e. The molecular weight excluding hydrogens is 360 g/mol. The lowest BCUT2D eigenvalue weighted by Crippen LogP contribution is -2.03. The summed E-state index contributed by atoms with van der Waals surface area (Å²) in [5.74, 6) is 1.88. The van der Waals surface area contributed by atoms with Crippen LogP contribution < -0.4 is 0 Å². The fraction of sp³-hybridized carbons (Fsp3) is 0.263. The maximum absolute atomic E-state index is 12.5. The number of H-pyrrole nitrogens is 1. The lowest BCUT2D eigenvalue weighted by atomic mass is 10.2. The van der Waals surface area contributed by atoms with Gasteiger partial charge in [0, 0.05) is 22.9 Å². The fourth-order valence-electron chi connectivity index (χ4n) is 2.80. The third kappa shape index (κ3) is 3.66. The van der Waals surface area contributed by atoms with E-state index in [1.165, 1.54) is 6.33 Å². The van der Waals surface area contributed by atoms with Crippen LogP contribution in [0.1, 0.15) is 20.3 Å². The molecule has 0 aliphatic carbocycles. The van der Waals surface area contributed by atoms with Gasteiger partial charge in [-0.25, -0.2) is 14.6 Å². The highest BCUT2D eigenvalue weighted by Gasteiger charge is 2.12. The summed E-state index contributed by atoms with van der Waals surface area (Å²) in [4.78, 5) is 9.46. The highest BCUT2D eigenvalue weighted by Crippen LogP contribution is 2.22. The van der Waals surface area contributed by atoms with Crippen LogP contribution in [0.15, 0.2) is 53.9 Å². The van der Waals surface area contributed by atoms with E-state index in [0.717, 1.165) is 33.6 Å². The van der Waals surface area contributed by atoms with Crippen molar-refractivity contribution >= 4 is 21.8 Å². The number of aromatic amines is 1. The number of nitrogens with one attached hydrogen (secondary N) is 1. The van der Waals surface area contributed by atoms with Crippen LogP contribution in [0.25, 0.3) is 28.1 Å². The molecule has 0 radical (unpaired) electrons. The van der Waals surface area contributed by atoms with Gasteiger partial charge >= 0.3 is 0 Å². The van der Waals surface area contributed by atoms with Crippen molar-refractivity contribution in [1.82, 2.24) is 29.9 Å². The monoisotopic (exact) mass is 380 g/mol. The molecule has 0 unspecified atom stereocenters. The van der Waals surface area contributed by atoms with Gasteiger partial charge in [0.15, 0.2) is 11.5 Å². The van der Waals surface area contributed by atoms with Crippen LogP contribution in [0.2, 0.25) is 0 Å². The summed E-state index contributed by atoms with van der Waals surface area (Å²) < 4.78 is 14.2. The molecule has 7 nitrogen and oxygen atoms in total. The summed E-state index contributed by atoms with van der Waals surface area (Å²) in [5, 5.41) is 12.1. The Bertz CT molecular complexity index is 1090. The van der Waals surface area contributed by atoms with Crippen LogP contribution in [0.4, 0.5) is 0 Å². The van der Waals surface area contributed by atoms with Crippen molar-refractivity contribution in [3.63, 3.8) is 0 Å². The molecule has 138 valence electrons. The average Bonchev–Trinajstić information content (AvgIpc) is 3.35. The topological polar surface area (TPSA) is 89.3 Å². The normalized spacial score (nSPS) is 12.7. The van der Waals surface area contributed by atoms with Gasteiger partial charge in [0.05, 0.1) is 27.6 Å². The van der Waals surface area contributed by atoms with E-state index in [-0.39, 0.29) is 0 Å². The van der Waals surface area contributed by atoms with E-state index in [2.05, 4.69) is 39.1 Å². The Morgan fingerprint density at radius 1 is 1.19 bits per heavy atom. The molecule has 0 bridgehead atoms. The third-order valence-corrected chi connectivity index (χ3v) is 5.66. The number of aromatic nitrogens is 6. The Hall–Kier alpha value is -2.87. The van der Waals surface area contributed by atoms with E-state index in [4.69, 9.17) is 0 Å². The lowest BCUT2D eigenvalue weighted by molar-refractivity contribution is 0.619. The summed E-state index contributed by atoms with van der Waals surface area (Å²) in [7, 11) is -1.04. The molecule has 8 heteroatoms. The molecule has 3 heterocycles. The number of rotatable bonds is 6. The summed E-state index contributed by atoms with van der Waals surface area (Å²) in [6, 6.07) is 9.75. The highest BCUT2D eigenvalue weighted by molar-refractivity contribution is 7.85. The van der Waals surface area contributed by atoms with Crippen molar-refractivity contribution in [2.45, 2.75) is 25.2 Å². The van der Waals surface area contributed by atoms with Crippen LogP contribution in [-0.2, 0) is 10.8 Å². The largest absolute Gasteiger partial charge is 0.259 e. The predicted molar refractivity (Wildman–Crippen MR) is 105 cm³/mol. The quantitative estimate of drug-likeness (QED) is 0.554. The van der Waals surface area contributed by atoms with Crippen LogP contribution in [0.3, 0.4) is 0 Å². The van der Waals surface area contributed by atoms with E-state index >= 15 is 0 Å². The van der Waals surface area contributed by atoms with Crippen LogP contribution in [0.5, 0.6) is 0 Å². The van der Waals surface area contributed by atoms with E-state index in [9.17, 15) is 4.21 Å². The minimum absolute atomic E-state index is 0.532. The molecule has 0 amide bonds. The zero-order valence-corrected chi connectivity index (χ0v) is 16.0. The van der Waals surface area contributed by atoms with Crippen molar-refractivity contribution in [2.75, 3.05) is 5.75 Å². The molecule has 0 saturated heterocycles. The van der Waals surface area contributed by atoms with Gasteiger partial charge in [0.1, 0.15) is 6.33 Å². The molecule has 0 spiro atoms. The van der Waals surface area contributed by atoms with E-state index < -0.39 is 10.8 Å². The van der Waals surface area contributed by atoms with Gasteiger partial charge in [-0.15, -0.1) is 0 Å². The van der Waals surface area contributed by atoms with E-state index in [1.807, 2.05) is 30.3 Å². The zero-order valence-electron chi connectivity index (χ0n) is 15.2. The van der Waals surface area contributed by atoms with Crippen molar-refractivity contribution in [3.8, 4) is 17.1 Å². The summed E-state index contributed by atoms with van der Waals surface area (Å²) in [6.07, 6.45) is 5.86. The molecule has 0 saturated carbocycles. The number of hydrogen-bond acceptors (Lipinski definition) is 5. The molecule has 0 fully saturated rings. The summed E-state index contributed by atoms with van der Waals surface area (Å²) in [5.41, 5.74) is 2.52. The zero-order chi connectivity index (χ0) is 18.8. The molecular formula is C19H20N6OS. The second kappa shape index (κ2) is 7.40. The standard InChI is InChI=1S/C19H20N6OS/c1-13(2)6-7-27(26)17-9-15-10-23-25(19(15)20-11-17)16-5-3-4-14(8-16)18-21-12-22-24-18/h3-5,8-13H,6-7H2,1-2H3,(H,21,22,24)/t27-/m1/s1. The maximum Gasteiger partial charge on any atom is 0.162 e. The molecule has 1 N–H and O–H groups in total. The number of benzene rings is 1. The first-order chi connectivity index (χ1) is 13.1. The molecule has 0 aliphatic rings. The first-order valence-corrected chi connectivity index (χ1v) is 10.1. The summed E-state index contributed by atoms with van der Waals surface area (Å²) in [6.45, 7) is 4.27. The van der Waals surface area contributed by atoms with Crippen molar-refractivity contribution in [1.29, 1.82) is 0 Å². The Morgan fingerprint density at radius 2 is 2.07 bits per heavy atom. The van der Waals surface area contributed by atoms with Crippen LogP contribution in [0, 0.1) is 5.92 Å². The molecule has 4 aromatic rings. The van der Waals surface area contributed by atoms with Gasteiger partial charge in [0.2, 0.25) is 0 Å². The second-order valence-corrected chi connectivity index (χ2v) is 8.33. The Kier molecular flexibility index (Phi) is 4.81. The first-order valence-electron chi connectivity index (χ1n) is 8.80. The molecule has 1 aromatic carbocycles. The number of nitrogens with zero attached hydrogens (tertiary/aromatic N) is 5. The van der Waals surface area contributed by atoms with Crippen molar-refractivity contribution in [2.24, 2.45) is 5.92 Å². The van der Waals surface area contributed by atoms with Gasteiger partial charge in [-0.2, -0.15) is 10.2 Å². The highest BCUT2D eigenvalue weighted by atomic mass is 32.2. The molecule has 1 atom stereocenters. The van der Waals surface area contributed by atoms with E-state index in [1.54, 1.807) is 17.1 Å². The predicted octanol–water partition coefficient (Wildman–Crippen LogP) is 3.36. The Balaban J connectivity index is 1.66. The molecule has 4 rings (SSSR count). The number of pyridine rings is 1. The smallest absolute Gasteiger partial charge is 0.162 e. The SMILES string of the molecule is CC(C)CC[S@@](=O)c1cnc2c(cnn2-c2cccc(-c3ncn[nH]3)c2)c1. The average molecular weight is 380 g/mol. The van der Waals surface area contributed by atoms with Gasteiger partial charge in [-0.1, -0.05) is 26.0 Å². The van der Waals surface area contributed by atoms with E-state index in [0.29, 0.717) is 17.5 Å². The maximum atomic E-state index is 12.5.